The lowest BCUT2D eigenvalue weighted by molar-refractivity contribution is 0.110. The molecule has 1 aliphatic heterocycles. The Morgan fingerprint density at radius 1 is 1.29 bits per heavy atom. The van der Waals surface area contributed by atoms with Crippen molar-refractivity contribution >= 4 is 5.69 Å². The van der Waals surface area contributed by atoms with E-state index in [4.69, 9.17) is 5.73 Å². The summed E-state index contributed by atoms with van der Waals surface area (Å²) in [6, 6.07) is 8.66. The number of aliphatic hydroxyl groups is 1. The highest BCUT2D eigenvalue weighted by Gasteiger charge is 2.27. The molecule has 2 rings (SSSR count). The van der Waals surface area contributed by atoms with Crippen molar-refractivity contribution in [2.45, 2.75) is 32.4 Å². The van der Waals surface area contributed by atoms with Gasteiger partial charge in [0.2, 0.25) is 0 Å². The molecule has 0 bridgehead atoms. The van der Waals surface area contributed by atoms with Gasteiger partial charge in [0.1, 0.15) is 0 Å². The van der Waals surface area contributed by atoms with Crippen LogP contribution in [0.1, 0.15) is 18.9 Å². The second-order valence-electron chi connectivity index (χ2n) is 5.24. The zero-order chi connectivity index (χ0) is 12.4. The van der Waals surface area contributed by atoms with Crippen molar-refractivity contribution in [3.8, 4) is 0 Å². The maximum absolute atomic E-state index is 9.72. The van der Waals surface area contributed by atoms with Gasteiger partial charge in [-0.15, -0.1) is 0 Å². The van der Waals surface area contributed by atoms with Gasteiger partial charge in [-0.25, -0.2) is 0 Å². The molecular formula is C14H22N2O. The van der Waals surface area contributed by atoms with Crippen LogP contribution < -0.4 is 10.6 Å². The fraction of sp³-hybridized carbons (Fsp3) is 0.571. The number of aliphatic hydroxyl groups excluding tert-OH is 1. The average Bonchev–Trinajstić information content (AvgIpc) is 2.29. The number of piperidine rings is 1. The molecule has 1 aromatic carbocycles. The van der Waals surface area contributed by atoms with Gasteiger partial charge >= 0.3 is 0 Å². The van der Waals surface area contributed by atoms with E-state index in [1.807, 2.05) is 6.92 Å². The van der Waals surface area contributed by atoms with Crippen LogP contribution in [-0.4, -0.2) is 30.3 Å². The second kappa shape index (κ2) is 5.07. The van der Waals surface area contributed by atoms with E-state index >= 15 is 0 Å². The summed E-state index contributed by atoms with van der Waals surface area (Å²) in [6.45, 7) is 5.72. The van der Waals surface area contributed by atoms with Crippen molar-refractivity contribution in [1.82, 2.24) is 0 Å². The van der Waals surface area contributed by atoms with Crippen LogP contribution in [0.15, 0.2) is 24.3 Å². The molecule has 0 amide bonds. The van der Waals surface area contributed by atoms with Crippen molar-refractivity contribution in [3.63, 3.8) is 0 Å². The van der Waals surface area contributed by atoms with Crippen molar-refractivity contribution in [3.05, 3.63) is 29.8 Å². The fourth-order valence-corrected chi connectivity index (χ4v) is 2.49. The molecule has 0 aliphatic carbocycles. The summed E-state index contributed by atoms with van der Waals surface area (Å²) in [5.74, 6) is 0.278. The summed E-state index contributed by atoms with van der Waals surface area (Å²) >= 11 is 0. The molecule has 3 heteroatoms. The molecule has 0 spiro atoms. The van der Waals surface area contributed by atoms with Gasteiger partial charge in [0.15, 0.2) is 0 Å². The molecule has 0 aromatic heterocycles. The monoisotopic (exact) mass is 234 g/mol. The first-order valence-electron chi connectivity index (χ1n) is 6.31. The third kappa shape index (κ3) is 2.99. The van der Waals surface area contributed by atoms with E-state index in [0.29, 0.717) is 0 Å². The molecule has 3 atom stereocenters. The summed E-state index contributed by atoms with van der Waals surface area (Å²) < 4.78 is 0. The zero-order valence-corrected chi connectivity index (χ0v) is 10.6. The van der Waals surface area contributed by atoms with Gasteiger partial charge in [-0.2, -0.15) is 0 Å². The molecule has 3 nitrogen and oxygen atoms in total. The summed E-state index contributed by atoms with van der Waals surface area (Å²) in [7, 11) is 0. The lowest BCUT2D eigenvalue weighted by Crippen LogP contribution is -2.49. The highest BCUT2D eigenvalue weighted by molar-refractivity contribution is 5.48. The number of hydrogen-bond acceptors (Lipinski definition) is 3. The molecule has 1 aromatic rings. The van der Waals surface area contributed by atoms with Gasteiger partial charge in [0.25, 0.3) is 0 Å². The van der Waals surface area contributed by atoms with Gasteiger partial charge < -0.3 is 15.7 Å². The summed E-state index contributed by atoms with van der Waals surface area (Å²) in [5, 5.41) is 9.72. The van der Waals surface area contributed by atoms with Crippen LogP contribution in [0.25, 0.3) is 0 Å². The second-order valence-corrected chi connectivity index (χ2v) is 5.24. The lowest BCUT2D eigenvalue weighted by atomic mass is 9.90. The first kappa shape index (κ1) is 12.4. The number of nitrogens with two attached hydrogens (primary N) is 1. The third-order valence-corrected chi connectivity index (χ3v) is 3.60. The molecule has 94 valence electrons. The van der Waals surface area contributed by atoms with Crippen LogP contribution >= 0.6 is 0 Å². The number of anilines is 1. The van der Waals surface area contributed by atoms with Crippen molar-refractivity contribution in [2.24, 2.45) is 11.7 Å². The fourth-order valence-electron chi connectivity index (χ4n) is 2.49. The van der Waals surface area contributed by atoms with Crippen molar-refractivity contribution < 1.29 is 5.11 Å². The van der Waals surface area contributed by atoms with Gasteiger partial charge in [-0.05, 0) is 32.4 Å². The topological polar surface area (TPSA) is 49.5 Å². The quantitative estimate of drug-likeness (QED) is 0.816. The van der Waals surface area contributed by atoms with Crippen LogP contribution in [0.5, 0.6) is 0 Å². The summed E-state index contributed by atoms with van der Waals surface area (Å²) in [5.41, 5.74) is 8.54. The Kier molecular flexibility index (Phi) is 3.69. The Labute approximate surface area is 103 Å². The predicted molar refractivity (Wildman–Crippen MR) is 71.2 cm³/mol. The molecule has 1 fully saturated rings. The van der Waals surface area contributed by atoms with Crippen LogP contribution in [0.2, 0.25) is 0 Å². The van der Waals surface area contributed by atoms with E-state index in [2.05, 4.69) is 36.1 Å². The van der Waals surface area contributed by atoms with Gasteiger partial charge in [0, 0.05) is 30.7 Å². The van der Waals surface area contributed by atoms with Gasteiger partial charge in [-0.3, -0.25) is 0 Å². The third-order valence-electron chi connectivity index (χ3n) is 3.60. The Balaban J connectivity index is 2.12. The van der Waals surface area contributed by atoms with Crippen LogP contribution in [0.3, 0.4) is 0 Å². The number of hydrogen-bond donors (Lipinski definition) is 2. The van der Waals surface area contributed by atoms with Crippen molar-refractivity contribution in [1.29, 1.82) is 0 Å². The number of aryl methyl sites for hydroxylation is 1. The first-order chi connectivity index (χ1) is 8.06. The molecule has 3 N–H and O–H groups in total. The number of nitrogens with zero attached hydrogens (tertiary/aromatic N) is 1. The van der Waals surface area contributed by atoms with Crippen LogP contribution in [-0.2, 0) is 0 Å². The summed E-state index contributed by atoms with van der Waals surface area (Å²) in [6.07, 6.45) is 0.634. The predicted octanol–water partition coefficient (Wildman–Crippen LogP) is 1.53. The maximum atomic E-state index is 9.72. The molecule has 0 saturated carbocycles. The molecule has 1 heterocycles. The van der Waals surface area contributed by atoms with Crippen LogP contribution in [0.4, 0.5) is 5.69 Å². The molecule has 0 radical (unpaired) electrons. The van der Waals surface area contributed by atoms with Crippen LogP contribution in [0, 0.1) is 12.8 Å². The Morgan fingerprint density at radius 3 is 2.53 bits per heavy atom. The molecule has 1 saturated heterocycles. The number of rotatable bonds is 2. The minimum absolute atomic E-state index is 0.157. The van der Waals surface area contributed by atoms with Gasteiger partial charge in [0.05, 0.1) is 6.10 Å². The highest BCUT2D eigenvalue weighted by Crippen LogP contribution is 2.24. The molecule has 3 unspecified atom stereocenters. The van der Waals surface area contributed by atoms with E-state index < -0.39 is 0 Å². The average molecular weight is 234 g/mol. The normalized spacial score (nSPS) is 26.9. The highest BCUT2D eigenvalue weighted by atomic mass is 16.3. The van der Waals surface area contributed by atoms with Crippen molar-refractivity contribution in [2.75, 3.05) is 18.0 Å². The molecule has 17 heavy (non-hydrogen) atoms. The van der Waals surface area contributed by atoms with E-state index in [-0.39, 0.29) is 18.1 Å². The molecule has 1 aliphatic rings. The Morgan fingerprint density at radius 2 is 1.94 bits per heavy atom. The molecular weight excluding hydrogens is 212 g/mol. The van der Waals surface area contributed by atoms with E-state index in [1.165, 1.54) is 11.3 Å². The minimum Gasteiger partial charge on any atom is -0.393 e. The number of benzene rings is 1. The maximum Gasteiger partial charge on any atom is 0.0557 e. The zero-order valence-electron chi connectivity index (χ0n) is 10.6. The Bertz CT molecular complexity index is 361. The summed E-state index contributed by atoms with van der Waals surface area (Å²) in [4.78, 5) is 2.28. The van der Waals surface area contributed by atoms with E-state index in [0.717, 1.165) is 19.5 Å². The largest absolute Gasteiger partial charge is 0.393 e. The van der Waals surface area contributed by atoms with Gasteiger partial charge in [-0.1, -0.05) is 17.7 Å². The minimum atomic E-state index is -0.283. The SMILES string of the molecule is Cc1ccc(N2CC(N)CC(C(C)O)C2)cc1. The smallest absolute Gasteiger partial charge is 0.0557 e. The van der Waals surface area contributed by atoms with E-state index in [9.17, 15) is 5.11 Å². The lowest BCUT2D eigenvalue weighted by Gasteiger charge is -2.39. The standard InChI is InChI=1S/C14H22N2O/c1-10-3-5-14(6-4-10)16-8-12(11(2)17)7-13(15)9-16/h3-6,11-13,17H,7-9,15H2,1-2H3. The first-order valence-corrected chi connectivity index (χ1v) is 6.31. The Hall–Kier alpha value is -1.06. The van der Waals surface area contributed by atoms with E-state index in [1.54, 1.807) is 0 Å².